The first-order chi connectivity index (χ1) is 10.2. The second-order valence-corrected chi connectivity index (χ2v) is 5.59. The standard InChI is InChI=1S/C16H22ClN3O/c1-2-16(21)18-7-4-8-19-9-11-20(12-10-19)15-6-3-5-14(17)13-15/h2-3,5-6,13H,1,4,7-12H2,(H,18,21). The molecule has 1 fully saturated rings. The van der Waals surface area contributed by atoms with E-state index in [0.29, 0.717) is 6.54 Å². The summed E-state index contributed by atoms with van der Waals surface area (Å²) >= 11 is 6.04. The summed E-state index contributed by atoms with van der Waals surface area (Å²) < 4.78 is 0. The summed E-state index contributed by atoms with van der Waals surface area (Å²) in [5.74, 6) is -0.0965. The molecule has 0 spiro atoms. The fraction of sp³-hybridized carbons (Fsp3) is 0.438. The predicted octanol–water partition coefficient (Wildman–Crippen LogP) is 2.15. The van der Waals surface area contributed by atoms with Crippen LogP contribution in [0, 0.1) is 0 Å². The highest BCUT2D eigenvalue weighted by Crippen LogP contribution is 2.20. The van der Waals surface area contributed by atoms with Gasteiger partial charge in [0.2, 0.25) is 5.91 Å². The molecule has 1 N–H and O–H groups in total. The fourth-order valence-electron chi connectivity index (χ4n) is 2.49. The first kappa shape index (κ1) is 15.9. The van der Waals surface area contributed by atoms with Crippen LogP contribution in [0.25, 0.3) is 0 Å². The summed E-state index contributed by atoms with van der Waals surface area (Å²) in [5.41, 5.74) is 1.19. The molecular formula is C16H22ClN3O. The Morgan fingerprint density at radius 3 is 2.76 bits per heavy atom. The summed E-state index contributed by atoms with van der Waals surface area (Å²) in [7, 11) is 0. The Balaban J connectivity index is 1.68. The number of carbonyl (C=O) groups is 1. The predicted molar refractivity (Wildman–Crippen MR) is 87.9 cm³/mol. The van der Waals surface area contributed by atoms with Crippen LogP contribution in [0.15, 0.2) is 36.9 Å². The van der Waals surface area contributed by atoms with Crippen LogP contribution in [0.2, 0.25) is 5.02 Å². The molecule has 1 aliphatic heterocycles. The maximum absolute atomic E-state index is 11.0. The number of hydrogen-bond donors (Lipinski definition) is 1. The van der Waals surface area contributed by atoms with Crippen LogP contribution >= 0.6 is 11.6 Å². The zero-order valence-corrected chi connectivity index (χ0v) is 13.0. The third kappa shape index (κ3) is 5.06. The van der Waals surface area contributed by atoms with Crippen molar-refractivity contribution in [1.82, 2.24) is 10.2 Å². The first-order valence-electron chi connectivity index (χ1n) is 7.32. The quantitative estimate of drug-likeness (QED) is 0.646. The lowest BCUT2D eigenvalue weighted by Crippen LogP contribution is -2.47. The maximum Gasteiger partial charge on any atom is 0.243 e. The minimum absolute atomic E-state index is 0.0965. The van der Waals surface area contributed by atoms with Crippen molar-refractivity contribution in [3.63, 3.8) is 0 Å². The van der Waals surface area contributed by atoms with E-state index in [4.69, 9.17) is 11.6 Å². The van der Waals surface area contributed by atoms with E-state index in [1.54, 1.807) is 0 Å². The fourth-order valence-corrected chi connectivity index (χ4v) is 2.67. The van der Waals surface area contributed by atoms with Gasteiger partial charge < -0.3 is 10.2 Å². The van der Waals surface area contributed by atoms with Gasteiger partial charge in [-0.3, -0.25) is 9.69 Å². The van der Waals surface area contributed by atoms with Gasteiger partial charge in [-0.25, -0.2) is 0 Å². The van der Waals surface area contributed by atoms with E-state index in [2.05, 4.69) is 27.8 Å². The van der Waals surface area contributed by atoms with Crippen LogP contribution in [-0.4, -0.2) is 50.1 Å². The number of rotatable bonds is 6. The zero-order valence-electron chi connectivity index (χ0n) is 12.2. The summed E-state index contributed by atoms with van der Waals surface area (Å²) in [4.78, 5) is 15.8. The molecule has 21 heavy (non-hydrogen) atoms. The highest BCUT2D eigenvalue weighted by molar-refractivity contribution is 6.30. The molecule has 114 valence electrons. The number of hydrogen-bond acceptors (Lipinski definition) is 3. The number of piperazine rings is 1. The Bertz CT molecular complexity index is 484. The number of nitrogens with zero attached hydrogens (tertiary/aromatic N) is 2. The number of benzene rings is 1. The topological polar surface area (TPSA) is 35.6 Å². The van der Waals surface area contributed by atoms with Crippen LogP contribution < -0.4 is 10.2 Å². The summed E-state index contributed by atoms with van der Waals surface area (Å²) in [6, 6.07) is 8.01. The zero-order chi connectivity index (χ0) is 15.1. The van der Waals surface area contributed by atoms with E-state index >= 15 is 0 Å². The van der Waals surface area contributed by atoms with Crippen molar-refractivity contribution in [1.29, 1.82) is 0 Å². The average molecular weight is 308 g/mol. The number of halogens is 1. The molecule has 2 rings (SSSR count). The van der Waals surface area contributed by atoms with Gasteiger partial charge >= 0.3 is 0 Å². The molecule has 0 radical (unpaired) electrons. The molecule has 4 nitrogen and oxygen atoms in total. The van der Waals surface area contributed by atoms with Gasteiger partial charge in [0.1, 0.15) is 0 Å². The van der Waals surface area contributed by atoms with Crippen molar-refractivity contribution in [2.24, 2.45) is 0 Å². The van der Waals surface area contributed by atoms with Crippen LogP contribution in [-0.2, 0) is 4.79 Å². The van der Waals surface area contributed by atoms with E-state index in [-0.39, 0.29) is 5.91 Å². The first-order valence-corrected chi connectivity index (χ1v) is 7.70. The largest absolute Gasteiger partial charge is 0.369 e. The van der Waals surface area contributed by atoms with Crippen molar-refractivity contribution in [2.75, 3.05) is 44.2 Å². The van der Waals surface area contributed by atoms with Crippen molar-refractivity contribution in [3.05, 3.63) is 41.9 Å². The van der Waals surface area contributed by atoms with E-state index < -0.39 is 0 Å². The molecule has 1 aromatic rings. The molecule has 0 aromatic heterocycles. The van der Waals surface area contributed by atoms with Crippen LogP contribution in [0.1, 0.15) is 6.42 Å². The lowest BCUT2D eigenvalue weighted by atomic mass is 10.2. The lowest BCUT2D eigenvalue weighted by Gasteiger charge is -2.36. The highest BCUT2D eigenvalue weighted by Gasteiger charge is 2.16. The van der Waals surface area contributed by atoms with Gasteiger partial charge in [0.25, 0.3) is 0 Å². The molecule has 1 aliphatic rings. The Kier molecular flexibility index (Phi) is 6.08. The number of anilines is 1. The van der Waals surface area contributed by atoms with E-state index in [0.717, 1.165) is 44.2 Å². The Morgan fingerprint density at radius 2 is 2.10 bits per heavy atom. The molecule has 1 heterocycles. The monoisotopic (exact) mass is 307 g/mol. The molecule has 1 aromatic carbocycles. The van der Waals surface area contributed by atoms with Crippen molar-refractivity contribution < 1.29 is 4.79 Å². The Morgan fingerprint density at radius 1 is 1.33 bits per heavy atom. The SMILES string of the molecule is C=CC(=O)NCCCN1CCN(c2cccc(Cl)c2)CC1. The van der Waals surface area contributed by atoms with Gasteiger partial charge in [0.15, 0.2) is 0 Å². The summed E-state index contributed by atoms with van der Waals surface area (Å²) in [6.45, 7) is 9.27. The molecule has 0 atom stereocenters. The normalized spacial score (nSPS) is 15.8. The van der Waals surface area contributed by atoms with Gasteiger partial charge in [-0.15, -0.1) is 0 Å². The molecule has 1 amide bonds. The van der Waals surface area contributed by atoms with Gasteiger partial charge in [-0.1, -0.05) is 24.2 Å². The molecule has 0 bridgehead atoms. The smallest absolute Gasteiger partial charge is 0.243 e. The van der Waals surface area contributed by atoms with Gasteiger partial charge in [-0.2, -0.15) is 0 Å². The highest BCUT2D eigenvalue weighted by atomic mass is 35.5. The molecule has 0 saturated carbocycles. The van der Waals surface area contributed by atoms with E-state index in [1.165, 1.54) is 11.8 Å². The number of amides is 1. The summed E-state index contributed by atoms with van der Waals surface area (Å²) in [5, 5.41) is 3.59. The minimum Gasteiger partial charge on any atom is -0.369 e. The molecule has 0 aliphatic carbocycles. The lowest BCUT2D eigenvalue weighted by molar-refractivity contribution is -0.116. The van der Waals surface area contributed by atoms with Crippen LogP contribution in [0.5, 0.6) is 0 Å². The third-order valence-electron chi connectivity index (χ3n) is 3.68. The van der Waals surface area contributed by atoms with Gasteiger partial charge in [0, 0.05) is 43.4 Å². The van der Waals surface area contributed by atoms with Crippen LogP contribution in [0.4, 0.5) is 5.69 Å². The minimum atomic E-state index is -0.0965. The molecule has 1 saturated heterocycles. The maximum atomic E-state index is 11.0. The molecular weight excluding hydrogens is 286 g/mol. The summed E-state index contributed by atoms with van der Waals surface area (Å²) in [6.07, 6.45) is 2.28. The third-order valence-corrected chi connectivity index (χ3v) is 3.92. The van der Waals surface area contributed by atoms with Crippen molar-refractivity contribution in [3.8, 4) is 0 Å². The average Bonchev–Trinajstić information content (AvgIpc) is 2.52. The molecule has 0 unspecified atom stereocenters. The second-order valence-electron chi connectivity index (χ2n) is 5.16. The van der Waals surface area contributed by atoms with Gasteiger partial charge in [-0.05, 0) is 37.2 Å². The van der Waals surface area contributed by atoms with Crippen molar-refractivity contribution in [2.45, 2.75) is 6.42 Å². The van der Waals surface area contributed by atoms with E-state index in [9.17, 15) is 4.79 Å². The number of nitrogens with one attached hydrogen (secondary N) is 1. The van der Waals surface area contributed by atoms with Crippen molar-refractivity contribution >= 4 is 23.2 Å². The molecule has 5 heteroatoms. The number of carbonyl (C=O) groups excluding carboxylic acids is 1. The van der Waals surface area contributed by atoms with E-state index in [1.807, 2.05) is 18.2 Å². The Labute approximate surface area is 131 Å². The van der Waals surface area contributed by atoms with Gasteiger partial charge in [0.05, 0.1) is 0 Å². The Hall–Kier alpha value is -1.52. The second kappa shape index (κ2) is 8.05. The van der Waals surface area contributed by atoms with Crippen LogP contribution in [0.3, 0.4) is 0 Å².